The molecule has 1 aliphatic heterocycles. The van der Waals surface area contributed by atoms with E-state index in [1.807, 2.05) is 42.5 Å². The smallest absolute Gasteiger partial charge is 0.159 e. The van der Waals surface area contributed by atoms with Crippen LogP contribution in [0.3, 0.4) is 0 Å². The minimum atomic E-state index is 0.0470. The van der Waals surface area contributed by atoms with E-state index in [1.54, 1.807) is 13.1 Å². The van der Waals surface area contributed by atoms with Crippen LogP contribution in [0.25, 0.3) is 22.5 Å². The molecule has 0 amide bonds. The van der Waals surface area contributed by atoms with Crippen molar-refractivity contribution in [2.24, 2.45) is 0 Å². The van der Waals surface area contributed by atoms with Crippen LogP contribution in [0.5, 0.6) is 0 Å². The summed E-state index contributed by atoms with van der Waals surface area (Å²) < 4.78 is 0. The summed E-state index contributed by atoms with van der Waals surface area (Å²) in [6.07, 6.45) is 1.78. The number of carbonyl (C=O) groups is 1. The normalized spacial score (nSPS) is 14.3. The van der Waals surface area contributed by atoms with Crippen molar-refractivity contribution >= 4 is 17.3 Å². The topological polar surface area (TPSA) is 87.0 Å². The molecule has 27 heavy (non-hydrogen) atoms. The number of ketones is 1. The molecule has 1 saturated heterocycles. The second kappa shape index (κ2) is 7.25. The summed E-state index contributed by atoms with van der Waals surface area (Å²) in [5, 5.41) is 3.35. The van der Waals surface area contributed by atoms with E-state index in [0.717, 1.165) is 60.2 Å². The van der Waals surface area contributed by atoms with E-state index >= 15 is 0 Å². The third-order valence-corrected chi connectivity index (χ3v) is 4.90. The number of Topliss-reactive ketones (excluding diaryl/α,β-unsaturated/α-hetero) is 1. The van der Waals surface area contributed by atoms with Crippen LogP contribution in [0.15, 0.2) is 48.7 Å². The van der Waals surface area contributed by atoms with Gasteiger partial charge in [-0.15, -0.1) is 0 Å². The van der Waals surface area contributed by atoms with Crippen molar-refractivity contribution < 1.29 is 4.79 Å². The van der Waals surface area contributed by atoms with Gasteiger partial charge >= 0.3 is 0 Å². The summed E-state index contributed by atoms with van der Waals surface area (Å²) in [7, 11) is 0. The van der Waals surface area contributed by atoms with Crippen LogP contribution in [0.4, 0.5) is 11.5 Å². The van der Waals surface area contributed by atoms with E-state index in [2.05, 4.69) is 20.2 Å². The quantitative estimate of drug-likeness (QED) is 0.622. The second-order valence-electron chi connectivity index (χ2n) is 6.79. The average molecular weight is 361 g/mol. The standard InChI is InChI=1S/C21H23N5O/c1-14(27)15-3-2-4-16(11-15)19-12-17(5-6-24-19)20-13-18(22)21(25-20)26-9-7-23-8-10-26/h2-6,11-13,23,25H,7-10,22H2,1H3. The first-order valence-electron chi connectivity index (χ1n) is 9.14. The van der Waals surface area contributed by atoms with E-state index < -0.39 is 0 Å². The Morgan fingerprint density at radius 2 is 1.93 bits per heavy atom. The first-order valence-corrected chi connectivity index (χ1v) is 9.14. The molecule has 0 unspecified atom stereocenters. The zero-order valence-corrected chi connectivity index (χ0v) is 15.3. The fourth-order valence-electron chi connectivity index (χ4n) is 3.42. The Balaban J connectivity index is 1.67. The first kappa shape index (κ1) is 17.3. The Morgan fingerprint density at radius 1 is 1.11 bits per heavy atom. The Morgan fingerprint density at radius 3 is 2.70 bits per heavy atom. The largest absolute Gasteiger partial charge is 0.396 e. The molecule has 0 bridgehead atoms. The van der Waals surface area contributed by atoms with Gasteiger partial charge in [-0.1, -0.05) is 18.2 Å². The third kappa shape index (κ3) is 3.57. The van der Waals surface area contributed by atoms with Crippen LogP contribution in [-0.2, 0) is 0 Å². The molecule has 0 atom stereocenters. The van der Waals surface area contributed by atoms with Crippen molar-refractivity contribution in [1.29, 1.82) is 0 Å². The van der Waals surface area contributed by atoms with Crippen LogP contribution < -0.4 is 16.0 Å². The highest BCUT2D eigenvalue weighted by Gasteiger charge is 2.16. The maximum Gasteiger partial charge on any atom is 0.159 e. The lowest BCUT2D eigenvalue weighted by Gasteiger charge is -2.28. The molecule has 0 saturated carbocycles. The Kier molecular flexibility index (Phi) is 4.64. The molecule has 0 spiro atoms. The fraction of sp³-hybridized carbons (Fsp3) is 0.238. The maximum absolute atomic E-state index is 11.7. The zero-order chi connectivity index (χ0) is 18.8. The number of nitrogens with two attached hydrogens (primary N) is 1. The van der Waals surface area contributed by atoms with Crippen LogP contribution >= 0.6 is 0 Å². The van der Waals surface area contributed by atoms with Gasteiger partial charge in [0.2, 0.25) is 0 Å². The van der Waals surface area contributed by atoms with Crippen molar-refractivity contribution in [3.05, 3.63) is 54.2 Å². The van der Waals surface area contributed by atoms with Crippen molar-refractivity contribution in [1.82, 2.24) is 15.3 Å². The molecule has 1 aliphatic rings. The second-order valence-corrected chi connectivity index (χ2v) is 6.79. The highest BCUT2D eigenvalue weighted by molar-refractivity contribution is 5.95. The summed E-state index contributed by atoms with van der Waals surface area (Å²) in [6, 6.07) is 13.5. The van der Waals surface area contributed by atoms with E-state index in [0.29, 0.717) is 5.56 Å². The molecule has 0 aliphatic carbocycles. The average Bonchev–Trinajstić information content (AvgIpc) is 3.10. The number of hydrogen-bond acceptors (Lipinski definition) is 5. The number of nitrogens with one attached hydrogen (secondary N) is 2. The molecule has 3 aromatic rings. The van der Waals surface area contributed by atoms with Crippen LogP contribution in [0, 0.1) is 0 Å². The van der Waals surface area contributed by atoms with Gasteiger partial charge in [-0.25, -0.2) is 0 Å². The Hall–Kier alpha value is -3.12. The van der Waals surface area contributed by atoms with Gasteiger partial charge in [0.1, 0.15) is 5.82 Å². The number of aromatic nitrogens is 2. The number of aromatic amines is 1. The van der Waals surface area contributed by atoms with Crippen LogP contribution in [0.2, 0.25) is 0 Å². The van der Waals surface area contributed by atoms with Gasteiger partial charge in [-0.05, 0) is 31.2 Å². The monoisotopic (exact) mass is 361 g/mol. The van der Waals surface area contributed by atoms with Crippen molar-refractivity contribution in [3.63, 3.8) is 0 Å². The molecule has 4 rings (SSSR count). The minimum Gasteiger partial charge on any atom is -0.396 e. The molecule has 3 heterocycles. The number of rotatable bonds is 4. The molecule has 2 aromatic heterocycles. The number of pyridine rings is 1. The van der Waals surface area contributed by atoms with Gasteiger partial charge in [0.15, 0.2) is 5.78 Å². The van der Waals surface area contributed by atoms with E-state index in [4.69, 9.17) is 5.73 Å². The molecular formula is C21H23N5O. The number of H-pyrrole nitrogens is 1. The van der Waals surface area contributed by atoms with Crippen LogP contribution in [-0.4, -0.2) is 41.9 Å². The van der Waals surface area contributed by atoms with E-state index in [-0.39, 0.29) is 5.78 Å². The number of benzene rings is 1. The van der Waals surface area contributed by atoms with Gasteiger partial charge in [0.25, 0.3) is 0 Å². The summed E-state index contributed by atoms with van der Waals surface area (Å²) >= 11 is 0. The van der Waals surface area contributed by atoms with Crippen LogP contribution in [0.1, 0.15) is 17.3 Å². The van der Waals surface area contributed by atoms with Gasteiger partial charge in [-0.2, -0.15) is 0 Å². The Bertz CT molecular complexity index is 972. The van der Waals surface area contributed by atoms with Crippen molar-refractivity contribution in [2.45, 2.75) is 6.92 Å². The lowest BCUT2D eigenvalue weighted by atomic mass is 10.0. The predicted octanol–water partition coefficient (Wildman–Crippen LogP) is 2.94. The summed E-state index contributed by atoms with van der Waals surface area (Å²) in [5.74, 6) is 1.02. The highest BCUT2D eigenvalue weighted by atomic mass is 16.1. The molecular weight excluding hydrogens is 338 g/mol. The lowest BCUT2D eigenvalue weighted by Crippen LogP contribution is -2.43. The van der Waals surface area contributed by atoms with Gasteiger partial charge in [0, 0.05) is 54.8 Å². The number of carbonyl (C=O) groups excluding carboxylic acids is 1. The maximum atomic E-state index is 11.7. The number of anilines is 2. The molecule has 4 N–H and O–H groups in total. The molecule has 138 valence electrons. The summed E-state index contributed by atoms with van der Waals surface area (Å²) in [5.41, 5.74) is 11.4. The number of nitrogen functional groups attached to an aromatic ring is 1. The van der Waals surface area contributed by atoms with Crippen molar-refractivity contribution in [3.8, 4) is 22.5 Å². The summed E-state index contributed by atoms with van der Waals surface area (Å²) in [4.78, 5) is 21.9. The lowest BCUT2D eigenvalue weighted by molar-refractivity contribution is 0.101. The first-order chi connectivity index (χ1) is 13.1. The SMILES string of the molecule is CC(=O)c1cccc(-c2cc(-c3cc(N)c(N4CCNCC4)[nH]3)ccn2)c1. The molecule has 1 aromatic carbocycles. The zero-order valence-electron chi connectivity index (χ0n) is 15.3. The minimum absolute atomic E-state index is 0.0470. The molecule has 1 fully saturated rings. The number of hydrogen-bond donors (Lipinski definition) is 3. The van der Waals surface area contributed by atoms with E-state index in [1.165, 1.54) is 0 Å². The van der Waals surface area contributed by atoms with Gasteiger partial charge in [-0.3, -0.25) is 9.78 Å². The predicted molar refractivity (Wildman–Crippen MR) is 109 cm³/mol. The fourth-order valence-corrected chi connectivity index (χ4v) is 3.42. The number of nitrogens with zero attached hydrogens (tertiary/aromatic N) is 2. The molecule has 6 heteroatoms. The Labute approximate surface area is 158 Å². The van der Waals surface area contributed by atoms with Gasteiger partial charge in [0.05, 0.1) is 11.4 Å². The third-order valence-electron chi connectivity index (χ3n) is 4.90. The highest BCUT2D eigenvalue weighted by Crippen LogP contribution is 2.31. The number of piperazine rings is 1. The van der Waals surface area contributed by atoms with Crippen molar-refractivity contribution in [2.75, 3.05) is 36.8 Å². The summed E-state index contributed by atoms with van der Waals surface area (Å²) in [6.45, 7) is 5.36. The molecule has 0 radical (unpaired) electrons. The molecule has 6 nitrogen and oxygen atoms in total. The van der Waals surface area contributed by atoms with E-state index in [9.17, 15) is 4.79 Å². The van der Waals surface area contributed by atoms with Gasteiger partial charge < -0.3 is 20.9 Å².